The number of nitrogens with one attached hydrogen (secondary N) is 2. The van der Waals surface area contributed by atoms with Crippen LogP contribution in [0.2, 0.25) is 5.02 Å². The van der Waals surface area contributed by atoms with Gasteiger partial charge in [-0.2, -0.15) is 0 Å². The Labute approximate surface area is 289 Å². The molecule has 2 aromatic carbocycles. The lowest BCUT2D eigenvalue weighted by atomic mass is 9.73. The summed E-state index contributed by atoms with van der Waals surface area (Å²) in [5, 5.41) is 6.83. The molecule has 0 aromatic heterocycles. The monoisotopic (exact) mass is 673 g/mol. The number of fused-ring (bicyclic) bond motifs is 1. The van der Waals surface area contributed by atoms with E-state index >= 15 is 0 Å². The first-order valence-corrected chi connectivity index (χ1v) is 18.1. The molecule has 2 bridgehead atoms. The van der Waals surface area contributed by atoms with Crippen molar-refractivity contribution in [2.24, 2.45) is 23.7 Å². The van der Waals surface area contributed by atoms with Crippen LogP contribution in [0.15, 0.2) is 66.7 Å². The molecule has 4 fully saturated rings. The molecule has 4 aliphatic heterocycles. The van der Waals surface area contributed by atoms with Gasteiger partial charge in [0.25, 0.3) is 0 Å². The van der Waals surface area contributed by atoms with Gasteiger partial charge in [0.1, 0.15) is 11.6 Å². The van der Waals surface area contributed by atoms with Crippen molar-refractivity contribution in [1.29, 1.82) is 0 Å². The van der Waals surface area contributed by atoms with Crippen LogP contribution in [0.25, 0.3) is 0 Å². The van der Waals surface area contributed by atoms with Gasteiger partial charge in [0.2, 0.25) is 17.7 Å². The van der Waals surface area contributed by atoms with E-state index in [0.29, 0.717) is 29.1 Å². The molecule has 4 heterocycles. The molecule has 0 radical (unpaired) electrons. The Bertz CT molecular complexity index is 1530. The maximum absolute atomic E-state index is 14.4. The fourth-order valence-electron chi connectivity index (χ4n) is 8.82. The summed E-state index contributed by atoms with van der Waals surface area (Å²) in [6, 6.07) is 16.8. The van der Waals surface area contributed by atoms with Crippen molar-refractivity contribution in [1.82, 2.24) is 20.0 Å². The van der Waals surface area contributed by atoms with E-state index in [1.807, 2.05) is 18.2 Å². The zero-order valence-electron chi connectivity index (χ0n) is 28.0. The fourth-order valence-corrected chi connectivity index (χ4v) is 9.01. The van der Waals surface area contributed by atoms with E-state index < -0.39 is 29.6 Å². The number of hydrogen-bond donors (Lipinski definition) is 2. The molecule has 7 rings (SSSR count). The molecule has 1 spiro atoms. The zero-order valence-corrected chi connectivity index (χ0v) is 28.8. The topological polar surface area (TPSA) is 94.2 Å². The summed E-state index contributed by atoms with van der Waals surface area (Å²) in [5.74, 6) is -1.30. The second kappa shape index (κ2) is 13.9. The van der Waals surface area contributed by atoms with Gasteiger partial charge in [0, 0.05) is 56.0 Å². The van der Waals surface area contributed by atoms with Crippen LogP contribution in [0.3, 0.4) is 0 Å². The number of carbonyl (C=O) groups is 3. The third kappa shape index (κ3) is 6.42. The maximum atomic E-state index is 14.4. The SMILES string of the molecule is C[C@H]1[C@H](C)CCC[C@@H]1NC(=O)[C@@H]1N(CCCN2CCN(Cc3ccccc3)CC2)C(=O)[C@H]2[C@@H](C(=O)Nc3cccc(Cl)c3)[C@H]3C=C[C@@]12O3. The lowest BCUT2D eigenvalue weighted by Gasteiger charge is -2.38. The molecule has 1 aliphatic carbocycles. The number of benzene rings is 2. The molecule has 2 aromatic rings. The molecule has 10 heteroatoms. The van der Waals surface area contributed by atoms with Gasteiger partial charge in [0.05, 0.1) is 17.9 Å². The highest BCUT2D eigenvalue weighted by molar-refractivity contribution is 6.30. The van der Waals surface area contributed by atoms with E-state index in [1.54, 1.807) is 29.2 Å². The van der Waals surface area contributed by atoms with Gasteiger partial charge < -0.3 is 25.2 Å². The van der Waals surface area contributed by atoms with Gasteiger partial charge in [-0.1, -0.05) is 86.8 Å². The Morgan fingerprint density at radius 2 is 1.73 bits per heavy atom. The third-order valence-electron chi connectivity index (χ3n) is 11.6. The van der Waals surface area contributed by atoms with Gasteiger partial charge in [-0.25, -0.2) is 0 Å². The average Bonchev–Trinajstić information content (AvgIpc) is 3.72. The molecule has 2 N–H and O–H groups in total. The summed E-state index contributed by atoms with van der Waals surface area (Å²) in [6.45, 7) is 10.6. The number of carbonyl (C=O) groups excluding carboxylic acids is 3. The van der Waals surface area contributed by atoms with Crippen molar-refractivity contribution in [3.05, 3.63) is 77.3 Å². The molecular weight excluding hydrogens is 626 g/mol. The summed E-state index contributed by atoms with van der Waals surface area (Å²) in [4.78, 5) is 49.2. The van der Waals surface area contributed by atoms with E-state index in [-0.39, 0.29) is 23.8 Å². The first-order valence-electron chi connectivity index (χ1n) is 17.8. The summed E-state index contributed by atoms with van der Waals surface area (Å²) in [7, 11) is 0. The first kappa shape index (κ1) is 33.3. The molecule has 1 saturated carbocycles. The summed E-state index contributed by atoms with van der Waals surface area (Å²) < 4.78 is 6.57. The molecule has 5 aliphatic rings. The zero-order chi connectivity index (χ0) is 33.4. The summed E-state index contributed by atoms with van der Waals surface area (Å²) >= 11 is 6.18. The Balaban J connectivity index is 1.06. The minimum atomic E-state index is -1.17. The lowest BCUT2D eigenvalue weighted by Crippen LogP contribution is -2.58. The van der Waals surface area contributed by atoms with Gasteiger partial charge in [0.15, 0.2) is 0 Å². The summed E-state index contributed by atoms with van der Waals surface area (Å²) in [6.07, 6.45) is 7.08. The number of rotatable bonds is 10. The quantitative estimate of drug-likeness (QED) is 0.359. The number of anilines is 1. The molecule has 3 saturated heterocycles. The number of halogens is 1. The number of likely N-dealkylation sites (tertiary alicyclic amines) is 1. The molecule has 3 amide bonds. The van der Waals surface area contributed by atoms with E-state index in [0.717, 1.165) is 65.0 Å². The highest BCUT2D eigenvalue weighted by atomic mass is 35.5. The molecule has 9 nitrogen and oxygen atoms in total. The van der Waals surface area contributed by atoms with Crippen molar-refractivity contribution in [3.8, 4) is 0 Å². The lowest BCUT2D eigenvalue weighted by molar-refractivity contribution is -0.141. The van der Waals surface area contributed by atoms with Crippen LogP contribution in [0.5, 0.6) is 0 Å². The minimum Gasteiger partial charge on any atom is -0.359 e. The Morgan fingerprint density at radius 1 is 0.958 bits per heavy atom. The predicted octanol–water partition coefficient (Wildman–Crippen LogP) is 4.58. The average molecular weight is 674 g/mol. The minimum absolute atomic E-state index is 0.0466. The second-order valence-electron chi connectivity index (χ2n) is 14.6. The number of ether oxygens (including phenoxy) is 1. The Morgan fingerprint density at radius 3 is 2.50 bits per heavy atom. The van der Waals surface area contributed by atoms with Gasteiger partial charge in [-0.05, 0) is 55.0 Å². The van der Waals surface area contributed by atoms with Crippen molar-refractivity contribution >= 4 is 35.0 Å². The number of piperazine rings is 1. The molecular formula is C38H48ClN5O4. The van der Waals surface area contributed by atoms with Gasteiger partial charge in [-0.15, -0.1) is 0 Å². The fraction of sp³-hybridized carbons (Fsp3) is 0.553. The van der Waals surface area contributed by atoms with Crippen molar-refractivity contribution in [2.75, 3.05) is 44.6 Å². The third-order valence-corrected chi connectivity index (χ3v) is 11.9. The van der Waals surface area contributed by atoms with E-state index in [2.05, 4.69) is 58.5 Å². The normalized spacial score (nSPS) is 33.2. The van der Waals surface area contributed by atoms with Gasteiger partial charge in [-0.3, -0.25) is 19.3 Å². The molecule has 0 unspecified atom stereocenters. The van der Waals surface area contributed by atoms with Crippen LogP contribution in [0, 0.1) is 23.7 Å². The van der Waals surface area contributed by atoms with Crippen LogP contribution in [-0.2, 0) is 25.7 Å². The van der Waals surface area contributed by atoms with Crippen LogP contribution in [-0.4, -0.2) is 95.5 Å². The van der Waals surface area contributed by atoms with Crippen molar-refractivity contribution in [2.45, 2.75) is 69.9 Å². The highest BCUT2D eigenvalue weighted by Gasteiger charge is 2.72. The van der Waals surface area contributed by atoms with Crippen LogP contribution >= 0.6 is 11.6 Å². The number of amides is 3. The van der Waals surface area contributed by atoms with E-state index in [1.165, 1.54) is 5.56 Å². The molecule has 256 valence electrons. The predicted molar refractivity (Wildman–Crippen MR) is 186 cm³/mol. The van der Waals surface area contributed by atoms with Crippen molar-refractivity contribution < 1.29 is 19.1 Å². The number of hydrogen-bond acceptors (Lipinski definition) is 6. The number of nitrogens with zero attached hydrogens (tertiary/aromatic N) is 3. The van der Waals surface area contributed by atoms with E-state index in [4.69, 9.17) is 16.3 Å². The Hall–Kier alpha value is -3.24. The van der Waals surface area contributed by atoms with Crippen LogP contribution in [0.1, 0.15) is 45.1 Å². The molecule has 48 heavy (non-hydrogen) atoms. The summed E-state index contributed by atoms with van der Waals surface area (Å²) in [5.41, 5.74) is 0.721. The maximum Gasteiger partial charge on any atom is 0.246 e. The second-order valence-corrected chi connectivity index (χ2v) is 15.0. The molecule has 8 atom stereocenters. The van der Waals surface area contributed by atoms with Crippen LogP contribution in [0.4, 0.5) is 5.69 Å². The standard InChI is InChI=1S/C38H48ClN5O4/c1-25-9-6-14-30(26(25)2)41-36(46)34-38-16-15-31(48-38)32(35(45)40-29-13-7-12-28(39)23-29)33(38)37(47)44(34)18-8-17-42-19-21-43(22-20-42)24-27-10-4-3-5-11-27/h3-5,7,10-13,15-16,23,25-26,30-34H,6,8-9,14,17-22,24H2,1-2H3,(H,40,45)(H,41,46)/t25-,26+,30+,31-,32+,33-,34+,38+/m1/s1. The van der Waals surface area contributed by atoms with Gasteiger partial charge >= 0.3 is 0 Å². The highest BCUT2D eigenvalue weighted by Crippen LogP contribution is 2.55. The largest absolute Gasteiger partial charge is 0.359 e. The van der Waals surface area contributed by atoms with Crippen LogP contribution < -0.4 is 10.6 Å². The smallest absolute Gasteiger partial charge is 0.246 e. The first-order chi connectivity index (χ1) is 23.2. The van der Waals surface area contributed by atoms with E-state index in [9.17, 15) is 14.4 Å². The van der Waals surface area contributed by atoms with Crippen molar-refractivity contribution in [3.63, 3.8) is 0 Å². The Kier molecular flexibility index (Phi) is 9.66.